The molecule has 1 aromatic rings. The van der Waals surface area contributed by atoms with E-state index in [0.29, 0.717) is 11.4 Å². The van der Waals surface area contributed by atoms with Crippen molar-refractivity contribution in [3.63, 3.8) is 0 Å². The minimum absolute atomic E-state index is 0.108. The van der Waals surface area contributed by atoms with E-state index in [1.807, 2.05) is 18.2 Å². The minimum atomic E-state index is -0.117. The third-order valence-electron chi connectivity index (χ3n) is 2.33. The molecule has 0 fully saturated rings. The van der Waals surface area contributed by atoms with Gasteiger partial charge in [-0.15, -0.1) is 0 Å². The van der Waals surface area contributed by atoms with Gasteiger partial charge < -0.3 is 10.8 Å². The summed E-state index contributed by atoms with van der Waals surface area (Å²) >= 11 is 5.90. The van der Waals surface area contributed by atoms with E-state index in [1.165, 1.54) is 5.56 Å². The number of nitrogens with two attached hydrogens (primary N) is 1. The lowest BCUT2D eigenvalue weighted by atomic mass is 9.97. The van der Waals surface area contributed by atoms with Crippen LogP contribution in [-0.4, -0.2) is 11.7 Å². The van der Waals surface area contributed by atoms with Crippen LogP contribution in [0.4, 0.5) is 0 Å². The van der Waals surface area contributed by atoms with Crippen LogP contribution in [0.15, 0.2) is 18.2 Å². The topological polar surface area (TPSA) is 46.2 Å². The van der Waals surface area contributed by atoms with E-state index in [-0.39, 0.29) is 12.6 Å². The number of hydrogen-bond donors (Lipinski definition) is 2. The van der Waals surface area contributed by atoms with E-state index in [9.17, 15) is 0 Å². The van der Waals surface area contributed by atoms with Crippen LogP contribution < -0.4 is 5.73 Å². The zero-order chi connectivity index (χ0) is 10.6. The molecule has 0 spiro atoms. The van der Waals surface area contributed by atoms with Crippen molar-refractivity contribution in [2.75, 3.05) is 6.61 Å². The lowest BCUT2D eigenvalue weighted by Crippen LogP contribution is -2.14. The Morgan fingerprint density at radius 2 is 2.21 bits per heavy atom. The second-order valence-corrected chi connectivity index (χ2v) is 3.75. The fourth-order valence-electron chi connectivity index (χ4n) is 1.53. The number of aliphatic hydroxyl groups excluding tert-OH is 1. The summed E-state index contributed by atoms with van der Waals surface area (Å²) in [6.07, 6.45) is 1.51. The first kappa shape index (κ1) is 11.5. The number of hydrogen-bond acceptors (Lipinski definition) is 2. The van der Waals surface area contributed by atoms with Crippen molar-refractivity contribution in [3.05, 3.63) is 34.3 Å². The van der Waals surface area contributed by atoms with E-state index in [0.717, 1.165) is 12.0 Å². The standard InChI is InChI=1S/C11H16ClNO/c1-2-8-3-4-9(12)7-10(8)11(13)5-6-14/h3-4,7,11,14H,2,5-6,13H2,1H3. The molecular weight excluding hydrogens is 198 g/mol. The highest BCUT2D eigenvalue weighted by Gasteiger charge is 2.09. The van der Waals surface area contributed by atoms with Crippen molar-refractivity contribution in [1.29, 1.82) is 0 Å². The first-order valence-corrected chi connectivity index (χ1v) is 5.21. The number of aryl methyl sites for hydroxylation is 1. The van der Waals surface area contributed by atoms with E-state index in [4.69, 9.17) is 22.4 Å². The Labute approximate surface area is 89.7 Å². The zero-order valence-corrected chi connectivity index (χ0v) is 9.09. The van der Waals surface area contributed by atoms with Crippen LogP contribution in [-0.2, 0) is 6.42 Å². The van der Waals surface area contributed by atoms with Gasteiger partial charge in [0.05, 0.1) is 0 Å². The largest absolute Gasteiger partial charge is 0.396 e. The molecule has 78 valence electrons. The molecule has 1 rings (SSSR count). The summed E-state index contributed by atoms with van der Waals surface area (Å²) in [6, 6.07) is 5.64. The van der Waals surface area contributed by atoms with Crippen molar-refractivity contribution < 1.29 is 5.11 Å². The van der Waals surface area contributed by atoms with Gasteiger partial charge >= 0.3 is 0 Å². The predicted octanol–water partition coefficient (Wildman–Crippen LogP) is 2.28. The van der Waals surface area contributed by atoms with Crippen molar-refractivity contribution in [1.82, 2.24) is 0 Å². The molecule has 14 heavy (non-hydrogen) atoms. The Morgan fingerprint density at radius 1 is 1.50 bits per heavy atom. The van der Waals surface area contributed by atoms with Gasteiger partial charge in [-0.05, 0) is 36.1 Å². The first-order valence-electron chi connectivity index (χ1n) is 4.83. The fraction of sp³-hybridized carbons (Fsp3) is 0.455. The number of aliphatic hydroxyl groups is 1. The maximum Gasteiger partial charge on any atom is 0.0449 e. The second-order valence-electron chi connectivity index (χ2n) is 3.32. The summed E-state index contributed by atoms with van der Waals surface area (Å²) in [5.74, 6) is 0. The molecule has 2 nitrogen and oxygen atoms in total. The summed E-state index contributed by atoms with van der Waals surface area (Å²) < 4.78 is 0. The van der Waals surface area contributed by atoms with Gasteiger partial charge in [-0.25, -0.2) is 0 Å². The van der Waals surface area contributed by atoms with Gasteiger partial charge in [-0.2, -0.15) is 0 Å². The van der Waals surface area contributed by atoms with E-state index in [1.54, 1.807) is 0 Å². The van der Waals surface area contributed by atoms with Crippen molar-refractivity contribution in [3.8, 4) is 0 Å². The molecular formula is C11H16ClNO. The molecule has 1 atom stereocenters. The maximum atomic E-state index is 8.82. The third kappa shape index (κ3) is 2.71. The molecule has 0 bridgehead atoms. The molecule has 0 amide bonds. The van der Waals surface area contributed by atoms with Gasteiger partial charge in [-0.3, -0.25) is 0 Å². The molecule has 0 aliphatic heterocycles. The average Bonchev–Trinajstić information content (AvgIpc) is 2.18. The molecule has 0 aromatic heterocycles. The predicted molar refractivity (Wildman–Crippen MR) is 59.5 cm³/mol. The van der Waals surface area contributed by atoms with Crippen LogP contribution in [0.2, 0.25) is 5.02 Å². The van der Waals surface area contributed by atoms with Crippen LogP contribution in [0.5, 0.6) is 0 Å². The van der Waals surface area contributed by atoms with Gasteiger partial charge in [0.25, 0.3) is 0 Å². The quantitative estimate of drug-likeness (QED) is 0.806. The molecule has 0 radical (unpaired) electrons. The maximum absolute atomic E-state index is 8.82. The fourth-order valence-corrected chi connectivity index (χ4v) is 1.71. The van der Waals surface area contributed by atoms with Crippen LogP contribution in [0.1, 0.15) is 30.5 Å². The van der Waals surface area contributed by atoms with Gasteiger partial charge in [-0.1, -0.05) is 24.6 Å². The molecule has 1 aromatic carbocycles. The van der Waals surface area contributed by atoms with Gasteiger partial charge in [0.2, 0.25) is 0 Å². The summed E-state index contributed by atoms with van der Waals surface area (Å²) in [6.45, 7) is 2.19. The smallest absolute Gasteiger partial charge is 0.0449 e. The highest BCUT2D eigenvalue weighted by molar-refractivity contribution is 6.30. The minimum Gasteiger partial charge on any atom is -0.396 e. The number of rotatable bonds is 4. The molecule has 3 heteroatoms. The monoisotopic (exact) mass is 213 g/mol. The summed E-state index contributed by atoms with van der Waals surface area (Å²) in [5, 5.41) is 9.52. The van der Waals surface area contributed by atoms with Crippen LogP contribution in [0.25, 0.3) is 0 Å². The summed E-state index contributed by atoms with van der Waals surface area (Å²) in [5.41, 5.74) is 8.19. The molecule has 3 N–H and O–H groups in total. The SMILES string of the molecule is CCc1ccc(Cl)cc1C(N)CCO. The third-order valence-corrected chi connectivity index (χ3v) is 2.56. The second kappa shape index (κ2) is 5.35. The van der Waals surface area contributed by atoms with Gasteiger partial charge in [0.1, 0.15) is 0 Å². The lowest BCUT2D eigenvalue weighted by molar-refractivity contribution is 0.276. The molecule has 0 saturated heterocycles. The Morgan fingerprint density at radius 3 is 2.79 bits per heavy atom. The first-order chi connectivity index (χ1) is 6.69. The van der Waals surface area contributed by atoms with E-state index in [2.05, 4.69) is 6.92 Å². The van der Waals surface area contributed by atoms with Gasteiger partial charge in [0, 0.05) is 17.7 Å². The van der Waals surface area contributed by atoms with Crippen molar-refractivity contribution in [2.24, 2.45) is 5.73 Å². The van der Waals surface area contributed by atoms with Crippen molar-refractivity contribution in [2.45, 2.75) is 25.8 Å². The molecule has 0 saturated carbocycles. The van der Waals surface area contributed by atoms with Crippen LogP contribution >= 0.6 is 11.6 Å². The average molecular weight is 214 g/mol. The van der Waals surface area contributed by atoms with E-state index >= 15 is 0 Å². The Bertz CT molecular complexity index is 301. The van der Waals surface area contributed by atoms with Gasteiger partial charge in [0.15, 0.2) is 0 Å². The molecule has 1 unspecified atom stereocenters. The lowest BCUT2D eigenvalue weighted by Gasteiger charge is -2.15. The number of halogens is 1. The van der Waals surface area contributed by atoms with E-state index < -0.39 is 0 Å². The normalized spacial score (nSPS) is 12.9. The summed E-state index contributed by atoms with van der Waals surface area (Å²) in [7, 11) is 0. The Balaban J connectivity index is 2.97. The van der Waals surface area contributed by atoms with Crippen LogP contribution in [0, 0.1) is 0 Å². The molecule has 0 aliphatic carbocycles. The Hall–Kier alpha value is -0.570. The number of benzene rings is 1. The highest BCUT2D eigenvalue weighted by atomic mass is 35.5. The van der Waals surface area contributed by atoms with Crippen LogP contribution in [0.3, 0.4) is 0 Å². The highest BCUT2D eigenvalue weighted by Crippen LogP contribution is 2.23. The zero-order valence-electron chi connectivity index (χ0n) is 8.33. The Kier molecular flexibility index (Phi) is 4.39. The molecule has 0 aliphatic rings. The van der Waals surface area contributed by atoms with Crippen molar-refractivity contribution >= 4 is 11.6 Å². The molecule has 0 heterocycles. The summed E-state index contributed by atoms with van der Waals surface area (Å²) in [4.78, 5) is 0.